The first-order valence-electron chi connectivity index (χ1n) is 4.43. The molecule has 0 bridgehead atoms. The quantitative estimate of drug-likeness (QED) is 0.681. The highest BCUT2D eigenvalue weighted by Crippen LogP contribution is 2.05. The number of carbonyl (C=O) groups is 1. The number of aromatic nitrogens is 2. The molecule has 1 aromatic carbocycles. The van der Waals surface area contributed by atoms with Crippen LogP contribution in [0.1, 0.15) is 0 Å². The van der Waals surface area contributed by atoms with Crippen molar-refractivity contribution in [3.05, 3.63) is 40.8 Å². The minimum Gasteiger partial charge on any atom is -0.339 e. The maximum Gasteiger partial charge on any atom is 0.345 e. The summed E-state index contributed by atoms with van der Waals surface area (Å²) in [4.78, 5) is 23.0. The Labute approximate surface area is 85.3 Å². The molecule has 5 heteroatoms. The Balaban J connectivity index is 2.76. The highest BCUT2D eigenvalue weighted by molar-refractivity contribution is 5.83. The summed E-state index contributed by atoms with van der Waals surface area (Å²) in [7, 11) is 1.45. The van der Waals surface area contributed by atoms with E-state index in [0.29, 0.717) is 5.39 Å². The lowest BCUT2D eigenvalue weighted by atomic mass is 10.2. The van der Waals surface area contributed by atoms with Crippen LogP contribution in [0.5, 0.6) is 0 Å². The molecule has 1 N–H and O–H groups in total. The molecule has 2 aromatic rings. The van der Waals surface area contributed by atoms with Crippen molar-refractivity contribution in [1.29, 1.82) is 0 Å². The molecule has 0 aliphatic carbocycles. The lowest BCUT2D eigenvalue weighted by Crippen LogP contribution is -2.35. The maximum absolute atomic E-state index is 11.8. The first kappa shape index (κ1) is 9.39. The zero-order valence-electron chi connectivity index (χ0n) is 8.10. The fourth-order valence-corrected chi connectivity index (χ4v) is 1.34. The zero-order valence-corrected chi connectivity index (χ0v) is 8.10. The fourth-order valence-electron chi connectivity index (χ4n) is 1.34. The smallest absolute Gasteiger partial charge is 0.339 e. The predicted octanol–water partition coefficient (Wildman–Crippen LogP) is 0.584. The molecule has 0 aliphatic heterocycles. The van der Waals surface area contributed by atoms with Crippen LogP contribution in [0.25, 0.3) is 10.8 Å². The van der Waals surface area contributed by atoms with Gasteiger partial charge >= 0.3 is 6.03 Å². The molecule has 0 radical (unpaired) electrons. The van der Waals surface area contributed by atoms with E-state index in [-0.39, 0.29) is 0 Å². The van der Waals surface area contributed by atoms with Crippen LogP contribution in [-0.4, -0.2) is 22.9 Å². The second-order valence-electron chi connectivity index (χ2n) is 3.00. The lowest BCUT2D eigenvalue weighted by molar-refractivity contribution is 0.240. The van der Waals surface area contributed by atoms with Crippen LogP contribution in [0, 0.1) is 0 Å². The van der Waals surface area contributed by atoms with E-state index in [0.717, 1.165) is 10.1 Å². The summed E-state index contributed by atoms with van der Waals surface area (Å²) in [5.74, 6) is 0. The van der Waals surface area contributed by atoms with Gasteiger partial charge in [-0.05, 0) is 6.07 Å². The van der Waals surface area contributed by atoms with Gasteiger partial charge in [0.05, 0.1) is 11.6 Å². The van der Waals surface area contributed by atoms with E-state index in [1.54, 1.807) is 18.2 Å². The summed E-state index contributed by atoms with van der Waals surface area (Å²) in [6.07, 6.45) is 1.49. The molecule has 0 atom stereocenters. The summed E-state index contributed by atoms with van der Waals surface area (Å²) in [5.41, 5.74) is -0.410. The minimum absolute atomic E-state index is 0.410. The van der Waals surface area contributed by atoms with Crippen LogP contribution < -0.4 is 10.9 Å². The van der Waals surface area contributed by atoms with Gasteiger partial charge in [-0.25, -0.2) is 4.79 Å². The van der Waals surface area contributed by atoms with Gasteiger partial charge in [-0.3, -0.25) is 4.79 Å². The monoisotopic (exact) mass is 203 g/mol. The van der Waals surface area contributed by atoms with Crippen molar-refractivity contribution in [1.82, 2.24) is 15.1 Å². The van der Waals surface area contributed by atoms with Gasteiger partial charge in [0.2, 0.25) is 0 Å². The Morgan fingerprint density at radius 2 is 2.13 bits per heavy atom. The van der Waals surface area contributed by atoms with Gasteiger partial charge < -0.3 is 5.32 Å². The van der Waals surface area contributed by atoms with E-state index >= 15 is 0 Å². The van der Waals surface area contributed by atoms with Gasteiger partial charge in [-0.1, -0.05) is 18.2 Å². The van der Waals surface area contributed by atoms with Crippen LogP contribution in [0.3, 0.4) is 0 Å². The number of fused-ring (bicyclic) bond motifs is 1. The van der Waals surface area contributed by atoms with Crippen molar-refractivity contribution in [3.63, 3.8) is 0 Å². The topological polar surface area (TPSA) is 64.0 Å². The van der Waals surface area contributed by atoms with Gasteiger partial charge in [0.25, 0.3) is 5.56 Å². The summed E-state index contributed by atoms with van der Waals surface area (Å²) in [6.45, 7) is 0. The Morgan fingerprint density at radius 1 is 1.40 bits per heavy atom. The Morgan fingerprint density at radius 3 is 2.87 bits per heavy atom. The van der Waals surface area contributed by atoms with Crippen LogP contribution in [0.2, 0.25) is 0 Å². The highest BCUT2D eigenvalue weighted by Gasteiger charge is 2.08. The van der Waals surface area contributed by atoms with Gasteiger partial charge in [0, 0.05) is 12.4 Å². The van der Waals surface area contributed by atoms with Crippen molar-refractivity contribution < 1.29 is 4.79 Å². The number of nitrogens with zero attached hydrogens (tertiary/aromatic N) is 2. The van der Waals surface area contributed by atoms with Crippen LogP contribution in [-0.2, 0) is 0 Å². The number of hydrogen-bond acceptors (Lipinski definition) is 3. The van der Waals surface area contributed by atoms with Crippen LogP contribution in [0.4, 0.5) is 4.79 Å². The van der Waals surface area contributed by atoms with Crippen molar-refractivity contribution in [3.8, 4) is 0 Å². The molecule has 0 saturated heterocycles. The molecule has 1 heterocycles. The van der Waals surface area contributed by atoms with Gasteiger partial charge in [0.1, 0.15) is 0 Å². The molecule has 5 nitrogen and oxygen atoms in total. The summed E-state index contributed by atoms with van der Waals surface area (Å²) in [6, 6.07) is 6.47. The van der Waals surface area contributed by atoms with E-state index in [9.17, 15) is 9.59 Å². The second kappa shape index (κ2) is 3.53. The number of hydrogen-bond donors (Lipinski definition) is 1. The molecule has 0 unspecified atom stereocenters. The third-order valence-electron chi connectivity index (χ3n) is 2.10. The molecule has 76 valence electrons. The van der Waals surface area contributed by atoms with Crippen LogP contribution >= 0.6 is 0 Å². The Hall–Kier alpha value is -2.17. The van der Waals surface area contributed by atoms with Gasteiger partial charge in [0.15, 0.2) is 0 Å². The maximum atomic E-state index is 11.8. The number of rotatable bonds is 0. The third-order valence-corrected chi connectivity index (χ3v) is 2.10. The summed E-state index contributed by atoms with van der Waals surface area (Å²) >= 11 is 0. The molecule has 1 aromatic heterocycles. The number of amides is 1. The van der Waals surface area contributed by atoms with Crippen molar-refractivity contribution in [2.24, 2.45) is 0 Å². The molecular weight excluding hydrogens is 194 g/mol. The molecular formula is C10H9N3O2. The van der Waals surface area contributed by atoms with E-state index in [1.807, 2.05) is 6.07 Å². The largest absolute Gasteiger partial charge is 0.345 e. The average Bonchev–Trinajstić information content (AvgIpc) is 2.29. The van der Waals surface area contributed by atoms with Crippen molar-refractivity contribution >= 4 is 16.8 Å². The summed E-state index contributed by atoms with van der Waals surface area (Å²) < 4.78 is 0.808. The Kier molecular flexibility index (Phi) is 2.21. The molecule has 0 aliphatic rings. The average molecular weight is 203 g/mol. The normalized spacial score (nSPS) is 10.2. The number of nitrogens with one attached hydrogen (secondary N) is 1. The van der Waals surface area contributed by atoms with Crippen molar-refractivity contribution in [2.45, 2.75) is 0 Å². The first-order valence-corrected chi connectivity index (χ1v) is 4.43. The summed E-state index contributed by atoms with van der Waals surface area (Å²) in [5, 5.41) is 7.32. The van der Waals surface area contributed by atoms with Gasteiger partial charge in [-0.2, -0.15) is 5.10 Å². The SMILES string of the molecule is CNC(=O)n1ncc2ccccc2c1=O. The standard InChI is InChI=1S/C10H9N3O2/c1-11-10(15)13-9(14)8-5-3-2-4-7(8)6-12-13/h2-6H,1H3,(H,11,15). The Bertz CT molecular complexity index is 574. The van der Waals surface area contributed by atoms with Crippen molar-refractivity contribution in [2.75, 3.05) is 7.05 Å². The highest BCUT2D eigenvalue weighted by atomic mass is 16.2. The predicted molar refractivity (Wildman–Crippen MR) is 55.9 cm³/mol. The molecule has 0 spiro atoms. The molecule has 0 fully saturated rings. The van der Waals surface area contributed by atoms with Crippen LogP contribution in [0.15, 0.2) is 35.3 Å². The number of carbonyl (C=O) groups excluding carboxylic acids is 1. The molecule has 15 heavy (non-hydrogen) atoms. The van der Waals surface area contributed by atoms with E-state index in [2.05, 4.69) is 10.4 Å². The molecule has 2 rings (SSSR count). The molecule has 1 amide bonds. The number of benzene rings is 1. The zero-order chi connectivity index (χ0) is 10.8. The minimum atomic E-state index is -0.536. The lowest BCUT2D eigenvalue weighted by Gasteiger charge is -2.02. The van der Waals surface area contributed by atoms with Gasteiger partial charge in [-0.15, -0.1) is 4.68 Å². The third kappa shape index (κ3) is 1.48. The fraction of sp³-hybridized carbons (Fsp3) is 0.100. The van der Waals surface area contributed by atoms with E-state index in [1.165, 1.54) is 13.2 Å². The van der Waals surface area contributed by atoms with E-state index in [4.69, 9.17) is 0 Å². The molecule has 0 saturated carbocycles. The van der Waals surface area contributed by atoms with E-state index < -0.39 is 11.6 Å². The first-order chi connectivity index (χ1) is 7.24. The second-order valence-corrected chi connectivity index (χ2v) is 3.00.